The number of hydrogen-bond acceptors (Lipinski definition) is 2. The summed E-state index contributed by atoms with van der Waals surface area (Å²) in [6.07, 6.45) is 3.93. The van der Waals surface area contributed by atoms with Crippen molar-refractivity contribution in [1.29, 1.82) is 0 Å². The van der Waals surface area contributed by atoms with Crippen molar-refractivity contribution in [2.24, 2.45) is 0 Å². The summed E-state index contributed by atoms with van der Waals surface area (Å²) in [4.78, 5) is 11.9. The lowest BCUT2D eigenvalue weighted by Gasteiger charge is -2.05. The van der Waals surface area contributed by atoms with Crippen LogP contribution in [0.1, 0.15) is 22.8 Å². The van der Waals surface area contributed by atoms with E-state index in [0.717, 1.165) is 5.56 Å². The zero-order valence-electron chi connectivity index (χ0n) is 10.7. The number of carbonyl (C=O) groups is 1. The minimum Gasteiger partial charge on any atom is -0.423 e. The van der Waals surface area contributed by atoms with Crippen LogP contribution >= 0.6 is 0 Å². The standard InChI is InChI=1S/C16H13BO2/c1-2-3-12-4-10-15(11-5-12)19-16(18)13-6-8-14(17)9-7-13/h2-11H,1H3/b3-2+. The quantitative estimate of drug-likeness (QED) is 0.474. The van der Waals surface area contributed by atoms with E-state index in [1.807, 2.05) is 31.2 Å². The monoisotopic (exact) mass is 248 g/mol. The van der Waals surface area contributed by atoms with E-state index in [9.17, 15) is 4.79 Å². The van der Waals surface area contributed by atoms with Crippen LogP contribution in [0.4, 0.5) is 0 Å². The van der Waals surface area contributed by atoms with Crippen LogP contribution in [-0.4, -0.2) is 13.8 Å². The molecule has 0 amide bonds. The highest BCUT2D eigenvalue weighted by atomic mass is 16.5. The van der Waals surface area contributed by atoms with Gasteiger partial charge in [-0.25, -0.2) is 4.79 Å². The molecule has 0 aliphatic heterocycles. The third-order valence-electron chi connectivity index (χ3n) is 2.60. The summed E-state index contributed by atoms with van der Waals surface area (Å²) in [5.41, 5.74) is 2.16. The average Bonchev–Trinajstić information content (AvgIpc) is 2.42. The van der Waals surface area contributed by atoms with E-state index in [4.69, 9.17) is 12.6 Å². The molecular formula is C16H13BO2. The van der Waals surface area contributed by atoms with Crippen LogP contribution in [0.5, 0.6) is 5.75 Å². The van der Waals surface area contributed by atoms with Crippen LogP contribution in [0.25, 0.3) is 6.08 Å². The first-order chi connectivity index (χ1) is 9.19. The van der Waals surface area contributed by atoms with Crippen molar-refractivity contribution in [3.05, 3.63) is 65.7 Å². The summed E-state index contributed by atoms with van der Waals surface area (Å²) in [5.74, 6) is 0.133. The van der Waals surface area contributed by atoms with Crippen LogP contribution in [0.2, 0.25) is 0 Å². The van der Waals surface area contributed by atoms with E-state index in [1.54, 1.807) is 36.4 Å². The molecule has 0 aliphatic carbocycles. The topological polar surface area (TPSA) is 26.3 Å². The zero-order chi connectivity index (χ0) is 13.7. The van der Waals surface area contributed by atoms with Gasteiger partial charge in [0.1, 0.15) is 13.6 Å². The summed E-state index contributed by atoms with van der Waals surface area (Å²) in [6.45, 7) is 1.95. The van der Waals surface area contributed by atoms with Crippen LogP contribution in [-0.2, 0) is 0 Å². The number of benzene rings is 2. The van der Waals surface area contributed by atoms with E-state index in [0.29, 0.717) is 16.8 Å². The Morgan fingerprint density at radius 1 is 1.05 bits per heavy atom. The number of esters is 1. The molecule has 2 radical (unpaired) electrons. The second-order valence-electron chi connectivity index (χ2n) is 4.08. The molecule has 0 bridgehead atoms. The molecule has 0 unspecified atom stereocenters. The first-order valence-corrected chi connectivity index (χ1v) is 5.99. The zero-order valence-corrected chi connectivity index (χ0v) is 10.7. The highest BCUT2D eigenvalue weighted by molar-refractivity contribution is 6.32. The maximum Gasteiger partial charge on any atom is 0.343 e. The van der Waals surface area contributed by atoms with Crippen molar-refractivity contribution >= 4 is 25.4 Å². The van der Waals surface area contributed by atoms with Gasteiger partial charge in [0, 0.05) is 0 Å². The molecule has 0 N–H and O–H groups in total. The number of allylic oxidation sites excluding steroid dienone is 1. The molecule has 0 saturated heterocycles. The Bertz CT molecular complexity index is 583. The molecule has 2 aromatic carbocycles. The second kappa shape index (κ2) is 6.05. The van der Waals surface area contributed by atoms with Crippen LogP contribution in [0, 0.1) is 0 Å². The summed E-state index contributed by atoms with van der Waals surface area (Å²) in [7, 11) is 5.57. The molecule has 3 heteroatoms. The van der Waals surface area contributed by atoms with E-state index in [1.165, 1.54) is 0 Å². The Kier molecular flexibility index (Phi) is 4.19. The molecule has 0 saturated carbocycles. The van der Waals surface area contributed by atoms with E-state index in [-0.39, 0.29) is 0 Å². The van der Waals surface area contributed by atoms with Gasteiger partial charge < -0.3 is 4.74 Å². The van der Waals surface area contributed by atoms with Gasteiger partial charge in [0.15, 0.2) is 0 Å². The smallest absolute Gasteiger partial charge is 0.343 e. The van der Waals surface area contributed by atoms with Crippen molar-refractivity contribution < 1.29 is 9.53 Å². The molecule has 2 nitrogen and oxygen atoms in total. The Morgan fingerprint density at radius 3 is 2.26 bits per heavy atom. The maximum atomic E-state index is 11.9. The number of rotatable bonds is 3. The Morgan fingerprint density at radius 2 is 1.68 bits per heavy atom. The lowest BCUT2D eigenvalue weighted by Crippen LogP contribution is -2.10. The molecule has 92 valence electrons. The van der Waals surface area contributed by atoms with E-state index < -0.39 is 5.97 Å². The number of ether oxygens (including phenoxy) is 1. The normalized spacial score (nSPS) is 10.6. The SMILES string of the molecule is [B]c1ccc(C(=O)Oc2ccc(/C=C/C)cc2)cc1. The van der Waals surface area contributed by atoms with Gasteiger partial charge in [-0.3, -0.25) is 0 Å². The predicted octanol–water partition coefficient (Wildman–Crippen LogP) is 2.73. The van der Waals surface area contributed by atoms with Crippen LogP contribution in [0.3, 0.4) is 0 Å². The van der Waals surface area contributed by atoms with Gasteiger partial charge in [0.2, 0.25) is 0 Å². The van der Waals surface area contributed by atoms with Crippen LogP contribution in [0.15, 0.2) is 54.6 Å². The third kappa shape index (κ3) is 3.58. The van der Waals surface area contributed by atoms with E-state index in [2.05, 4.69) is 0 Å². The molecule has 0 spiro atoms. The van der Waals surface area contributed by atoms with Crippen molar-refractivity contribution in [3.8, 4) is 5.75 Å². The summed E-state index contributed by atoms with van der Waals surface area (Å²) in [5, 5.41) is 0. The van der Waals surface area contributed by atoms with E-state index >= 15 is 0 Å². The maximum absolute atomic E-state index is 11.9. The Balaban J connectivity index is 2.08. The molecule has 0 aliphatic rings. The second-order valence-corrected chi connectivity index (χ2v) is 4.08. The van der Waals surface area contributed by atoms with Gasteiger partial charge in [0.05, 0.1) is 5.56 Å². The molecular weight excluding hydrogens is 235 g/mol. The van der Waals surface area contributed by atoms with Crippen LogP contribution < -0.4 is 10.2 Å². The highest BCUT2D eigenvalue weighted by Crippen LogP contribution is 2.15. The largest absolute Gasteiger partial charge is 0.423 e. The first kappa shape index (κ1) is 13.2. The summed E-state index contributed by atoms with van der Waals surface area (Å²) < 4.78 is 5.27. The minimum atomic E-state index is -0.390. The highest BCUT2D eigenvalue weighted by Gasteiger charge is 2.07. The molecule has 0 atom stereocenters. The third-order valence-corrected chi connectivity index (χ3v) is 2.60. The lowest BCUT2D eigenvalue weighted by atomic mass is 9.95. The molecule has 19 heavy (non-hydrogen) atoms. The van der Waals surface area contributed by atoms with Gasteiger partial charge >= 0.3 is 5.97 Å². The fourth-order valence-corrected chi connectivity index (χ4v) is 1.62. The minimum absolute atomic E-state index is 0.390. The summed E-state index contributed by atoms with van der Waals surface area (Å²) in [6, 6.07) is 14.0. The average molecular weight is 248 g/mol. The molecule has 0 fully saturated rings. The van der Waals surface area contributed by atoms with Crippen molar-refractivity contribution in [3.63, 3.8) is 0 Å². The lowest BCUT2D eigenvalue weighted by molar-refractivity contribution is 0.0735. The molecule has 0 heterocycles. The number of carbonyl (C=O) groups excluding carboxylic acids is 1. The van der Waals surface area contributed by atoms with Crippen molar-refractivity contribution in [2.75, 3.05) is 0 Å². The Hall–Kier alpha value is -2.29. The molecule has 2 rings (SSSR count). The van der Waals surface area contributed by atoms with Crippen molar-refractivity contribution in [1.82, 2.24) is 0 Å². The number of hydrogen-bond donors (Lipinski definition) is 0. The van der Waals surface area contributed by atoms with Gasteiger partial charge in [-0.2, -0.15) is 0 Å². The van der Waals surface area contributed by atoms with Gasteiger partial charge in [-0.15, -0.1) is 0 Å². The molecule has 2 aromatic rings. The first-order valence-electron chi connectivity index (χ1n) is 5.99. The predicted molar refractivity (Wildman–Crippen MR) is 77.9 cm³/mol. The van der Waals surface area contributed by atoms with Gasteiger partial charge in [-0.1, -0.05) is 41.9 Å². The molecule has 0 aromatic heterocycles. The summed E-state index contributed by atoms with van der Waals surface area (Å²) >= 11 is 0. The van der Waals surface area contributed by atoms with Crippen molar-refractivity contribution in [2.45, 2.75) is 6.92 Å². The fourth-order valence-electron chi connectivity index (χ4n) is 1.62. The van der Waals surface area contributed by atoms with Gasteiger partial charge in [0.25, 0.3) is 0 Å². The fraction of sp³-hybridized carbons (Fsp3) is 0.0625. The Labute approximate surface area is 114 Å². The van der Waals surface area contributed by atoms with Gasteiger partial charge in [-0.05, 0) is 36.8 Å².